The highest BCUT2D eigenvalue weighted by Crippen LogP contribution is 2.48. The summed E-state index contributed by atoms with van der Waals surface area (Å²) in [7, 11) is 0. The van der Waals surface area contributed by atoms with Gasteiger partial charge in [0.25, 0.3) is 0 Å². The molecular weight excluding hydrogens is 358 g/mol. The minimum atomic E-state index is -1.97. The van der Waals surface area contributed by atoms with Crippen LogP contribution in [0.1, 0.15) is 0 Å². The summed E-state index contributed by atoms with van der Waals surface area (Å²) in [5.41, 5.74) is -11.8. The van der Waals surface area contributed by atoms with Gasteiger partial charge in [0.1, 0.15) is 0 Å². The topological polar surface area (TPSA) is 253 Å². The first-order chi connectivity index (χ1) is 11.5. The number of fused-ring (bicyclic) bond motifs is 1. The van der Waals surface area contributed by atoms with E-state index in [1.165, 1.54) is 4.98 Å². The molecule has 130 valence electrons. The SMILES string of the molecule is O=c1[nH]c2c([N+](=O)[O-])c([N+](=O)[O-])c([N+](=O)[O-])c([N+](=O)[O-])c2n1[N+](=O)[O-]. The van der Waals surface area contributed by atoms with Crippen LogP contribution in [0.2, 0.25) is 0 Å². The number of nitro benzene ring substituents is 4. The Kier molecular flexibility index (Phi) is 3.57. The van der Waals surface area contributed by atoms with E-state index in [0.29, 0.717) is 0 Å². The van der Waals surface area contributed by atoms with E-state index in [4.69, 9.17) is 0 Å². The third-order valence-corrected chi connectivity index (χ3v) is 2.90. The highest BCUT2D eigenvalue weighted by molar-refractivity contribution is 6.02. The van der Waals surface area contributed by atoms with E-state index in [2.05, 4.69) is 0 Å². The van der Waals surface area contributed by atoms with E-state index < -0.39 is 68.9 Å². The molecule has 1 aromatic carbocycles. The van der Waals surface area contributed by atoms with Gasteiger partial charge in [-0.25, -0.2) is 14.9 Å². The molecule has 0 bridgehead atoms. The molecule has 0 aliphatic carbocycles. The first-order valence-corrected chi connectivity index (χ1v) is 5.57. The summed E-state index contributed by atoms with van der Waals surface area (Å²) < 4.78 is -0.586. The summed E-state index contributed by atoms with van der Waals surface area (Å²) in [5.74, 6) is 0. The normalized spacial score (nSPS) is 10.6. The zero-order valence-electron chi connectivity index (χ0n) is 11.2. The van der Waals surface area contributed by atoms with Crippen LogP contribution in [0.5, 0.6) is 0 Å². The number of rotatable bonds is 5. The molecule has 0 aliphatic rings. The molecule has 2 rings (SSSR count). The van der Waals surface area contributed by atoms with Crippen LogP contribution in [0.15, 0.2) is 4.79 Å². The van der Waals surface area contributed by atoms with Gasteiger partial charge in [-0.05, 0) is 0 Å². The van der Waals surface area contributed by atoms with E-state index in [1.807, 2.05) is 0 Å². The number of nitrogens with zero attached hydrogens (tertiary/aromatic N) is 6. The lowest BCUT2D eigenvalue weighted by molar-refractivity contribution is -0.541. The van der Waals surface area contributed by atoms with Crippen LogP contribution < -0.4 is 5.69 Å². The van der Waals surface area contributed by atoms with E-state index in [0.717, 1.165) is 0 Å². The van der Waals surface area contributed by atoms with Crippen LogP contribution in [-0.4, -0.2) is 34.4 Å². The predicted molar refractivity (Wildman–Crippen MR) is 71.6 cm³/mol. The minimum absolute atomic E-state index is 0.586. The molecule has 0 unspecified atom stereocenters. The third kappa shape index (κ3) is 2.25. The first kappa shape index (κ1) is 16.9. The van der Waals surface area contributed by atoms with Crippen LogP contribution >= 0.6 is 0 Å². The number of H-pyrrole nitrogens is 1. The second-order valence-corrected chi connectivity index (χ2v) is 4.13. The van der Waals surface area contributed by atoms with Gasteiger partial charge in [0.2, 0.25) is 5.52 Å². The van der Waals surface area contributed by atoms with Gasteiger partial charge in [-0.1, -0.05) is 0 Å². The van der Waals surface area contributed by atoms with Crippen molar-refractivity contribution >= 4 is 33.8 Å². The predicted octanol–water partition coefficient (Wildman–Crippen LogP) is 0.00220. The molecule has 18 nitrogen and oxygen atoms in total. The largest absolute Gasteiger partial charge is 0.432 e. The number of hydrogen-bond acceptors (Lipinski definition) is 11. The number of aromatic nitrogens is 2. The molecule has 0 atom stereocenters. The van der Waals surface area contributed by atoms with Crippen molar-refractivity contribution in [2.45, 2.75) is 0 Å². The molecule has 1 heterocycles. The van der Waals surface area contributed by atoms with Crippen LogP contribution in [0.4, 0.5) is 22.7 Å². The summed E-state index contributed by atoms with van der Waals surface area (Å²) >= 11 is 0. The Morgan fingerprint density at radius 1 is 0.680 bits per heavy atom. The standard InChI is InChI=1S/C7HN7O11/c15-7-8-1-2(9(7)14(24)25)4(11(18)19)6(13(22)23)5(12(20)21)3(1)10(16)17/h(H,8,15). The number of imidazole rings is 1. The number of hydrogen-bond donors (Lipinski definition) is 1. The van der Waals surface area contributed by atoms with Gasteiger partial charge in [0, 0.05) is 4.68 Å². The van der Waals surface area contributed by atoms with Crippen molar-refractivity contribution in [1.82, 2.24) is 9.66 Å². The molecule has 0 aliphatic heterocycles. The van der Waals surface area contributed by atoms with E-state index in [-0.39, 0.29) is 0 Å². The zero-order valence-corrected chi connectivity index (χ0v) is 11.2. The van der Waals surface area contributed by atoms with Crippen LogP contribution in [0, 0.1) is 50.6 Å². The van der Waals surface area contributed by atoms with E-state index in [9.17, 15) is 55.4 Å². The van der Waals surface area contributed by atoms with Gasteiger partial charge in [0.15, 0.2) is 10.5 Å². The summed E-state index contributed by atoms with van der Waals surface area (Å²) in [4.78, 5) is 61.9. The molecule has 0 amide bonds. The number of benzene rings is 1. The smallest absolute Gasteiger partial charge is 0.295 e. The first-order valence-electron chi connectivity index (χ1n) is 5.57. The van der Waals surface area contributed by atoms with Crippen molar-refractivity contribution in [3.05, 3.63) is 61.1 Å². The van der Waals surface area contributed by atoms with Crippen molar-refractivity contribution in [3.8, 4) is 0 Å². The number of nitrogens with one attached hydrogen (secondary N) is 1. The molecule has 1 N–H and O–H groups in total. The monoisotopic (exact) mass is 359 g/mol. The highest BCUT2D eigenvalue weighted by atomic mass is 16.7. The molecule has 25 heavy (non-hydrogen) atoms. The maximum atomic E-state index is 11.6. The van der Waals surface area contributed by atoms with Gasteiger partial charge in [-0.3, -0.25) is 45.4 Å². The van der Waals surface area contributed by atoms with Crippen molar-refractivity contribution in [2.24, 2.45) is 0 Å². The molecule has 0 saturated heterocycles. The van der Waals surface area contributed by atoms with Crippen molar-refractivity contribution < 1.29 is 24.7 Å². The third-order valence-electron chi connectivity index (χ3n) is 2.90. The van der Waals surface area contributed by atoms with Gasteiger partial charge in [0.05, 0.1) is 19.7 Å². The fourth-order valence-electron chi connectivity index (χ4n) is 2.12. The molecule has 0 fully saturated rings. The molecule has 0 saturated carbocycles. The van der Waals surface area contributed by atoms with E-state index in [1.54, 1.807) is 0 Å². The highest BCUT2D eigenvalue weighted by Gasteiger charge is 2.50. The van der Waals surface area contributed by atoms with Gasteiger partial charge in [-0.2, -0.15) is 0 Å². The maximum Gasteiger partial charge on any atom is 0.432 e. The van der Waals surface area contributed by atoms with E-state index >= 15 is 0 Å². The maximum absolute atomic E-state index is 11.6. The Labute approximate surface area is 130 Å². The lowest BCUT2D eigenvalue weighted by Gasteiger charge is -2.00. The average Bonchev–Trinajstić information content (AvgIpc) is 2.79. The second-order valence-electron chi connectivity index (χ2n) is 4.13. The zero-order chi connectivity index (χ0) is 19.2. The minimum Gasteiger partial charge on any atom is -0.295 e. The molecule has 0 radical (unpaired) electrons. The van der Waals surface area contributed by atoms with Gasteiger partial charge < -0.3 is 0 Å². The summed E-state index contributed by atoms with van der Waals surface area (Å²) in [6, 6.07) is 0. The summed E-state index contributed by atoms with van der Waals surface area (Å²) in [6.07, 6.45) is 0. The van der Waals surface area contributed by atoms with Crippen LogP contribution in [-0.2, 0) is 0 Å². The van der Waals surface area contributed by atoms with Crippen molar-refractivity contribution in [1.29, 1.82) is 0 Å². The number of aromatic amines is 1. The second kappa shape index (κ2) is 5.29. The fraction of sp³-hybridized carbons (Fsp3) is 0. The lowest BCUT2D eigenvalue weighted by Crippen LogP contribution is -2.23. The van der Waals surface area contributed by atoms with Gasteiger partial charge in [-0.15, -0.1) is 0 Å². The average molecular weight is 359 g/mol. The molecule has 2 aromatic rings. The molecule has 1 aromatic heterocycles. The van der Waals surface area contributed by atoms with Crippen molar-refractivity contribution in [2.75, 3.05) is 0 Å². The Balaban J connectivity index is 3.41. The Bertz CT molecular complexity index is 1060. The quantitative estimate of drug-likeness (QED) is 0.548. The Morgan fingerprint density at radius 2 is 1.08 bits per heavy atom. The lowest BCUT2D eigenvalue weighted by atomic mass is 10.1. The van der Waals surface area contributed by atoms with Gasteiger partial charge >= 0.3 is 28.4 Å². The Morgan fingerprint density at radius 3 is 1.44 bits per heavy atom. The van der Waals surface area contributed by atoms with Crippen LogP contribution in [0.25, 0.3) is 11.0 Å². The molecule has 0 spiro atoms. The van der Waals surface area contributed by atoms with Crippen molar-refractivity contribution in [3.63, 3.8) is 0 Å². The number of nitro groups is 5. The molecule has 18 heteroatoms. The van der Waals surface area contributed by atoms with Crippen LogP contribution in [0.3, 0.4) is 0 Å². The molecular formula is C7HN7O11. The fourth-order valence-corrected chi connectivity index (χ4v) is 2.12. The Hall–Kier alpha value is -4.51. The summed E-state index contributed by atoms with van der Waals surface area (Å²) in [5, 5.41) is 53.7. The summed E-state index contributed by atoms with van der Waals surface area (Å²) in [6.45, 7) is 0.